The second-order valence-corrected chi connectivity index (χ2v) is 9.76. The van der Waals surface area contributed by atoms with Gasteiger partial charge >= 0.3 is 0 Å². The molecule has 8 nitrogen and oxygen atoms in total. The van der Waals surface area contributed by atoms with E-state index in [1.54, 1.807) is 6.20 Å². The standard InChI is InChI=1S/C27H30N6O2/c1-27(2,35)13-12-19-8-9-20-10-11-21(25-28-14-15-33(25)22(20)16-19)29-26(34)24-30-23(31-32-24)17-18-6-4-3-5-7-18/h3-9,14-16,21,35H,10-13,17H2,1-2H3,(H,29,34)(H,30,31,32)/t21-/m1/s1. The molecule has 35 heavy (non-hydrogen) atoms. The summed E-state index contributed by atoms with van der Waals surface area (Å²) < 4.78 is 2.06. The number of aromatic amines is 1. The van der Waals surface area contributed by atoms with Crippen molar-refractivity contribution >= 4 is 5.91 Å². The van der Waals surface area contributed by atoms with Gasteiger partial charge in [0, 0.05) is 18.8 Å². The highest BCUT2D eigenvalue weighted by molar-refractivity contribution is 5.90. The third kappa shape index (κ3) is 5.33. The quantitative estimate of drug-likeness (QED) is 0.382. The number of imidazole rings is 1. The Morgan fingerprint density at radius 1 is 1.20 bits per heavy atom. The molecule has 1 atom stereocenters. The number of carbonyl (C=O) groups is 1. The minimum absolute atomic E-state index is 0.129. The molecule has 0 radical (unpaired) electrons. The molecule has 0 saturated heterocycles. The second-order valence-electron chi connectivity index (χ2n) is 9.76. The number of aryl methyl sites for hydroxylation is 2. The van der Waals surface area contributed by atoms with Gasteiger partial charge in [0.25, 0.3) is 5.91 Å². The number of benzene rings is 2. The molecule has 3 heterocycles. The number of amides is 1. The lowest BCUT2D eigenvalue weighted by molar-refractivity contribution is 0.0714. The van der Waals surface area contributed by atoms with Crippen LogP contribution in [0.1, 0.15) is 71.7 Å². The molecular formula is C27H30N6O2. The fourth-order valence-corrected chi connectivity index (χ4v) is 4.48. The number of carbonyl (C=O) groups excluding carboxylic acids is 1. The van der Waals surface area contributed by atoms with Crippen molar-refractivity contribution in [3.8, 4) is 5.69 Å². The van der Waals surface area contributed by atoms with Crippen LogP contribution in [0.4, 0.5) is 0 Å². The van der Waals surface area contributed by atoms with Gasteiger partial charge in [-0.2, -0.15) is 0 Å². The van der Waals surface area contributed by atoms with Crippen LogP contribution in [0.3, 0.4) is 0 Å². The molecule has 1 aliphatic rings. The number of rotatable bonds is 7. The summed E-state index contributed by atoms with van der Waals surface area (Å²) in [7, 11) is 0. The van der Waals surface area contributed by atoms with Crippen LogP contribution in [-0.2, 0) is 19.3 Å². The first-order valence-electron chi connectivity index (χ1n) is 12.0. The van der Waals surface area contributed by atoms with Gasteiger partial charge in [-0.05, 0) is 62.3 Å². The Bertz CT molecular complexity index is 1320. The smallest absolute Gasteiger partial charge is 0.291 e. The van der Waals surface area contributed by atoms with Crippen LogP contribution < -0.4 is 5.32 Å². The van der Waals surface area contributed by atoms with Gasteiger partial charge in [0.05, 0.1) is 17.3 Å². The van der Waals surface area contributed by atoms with Gasteiger partial charge in [-0.15, -0.1) is 5.10 Å². The zero-order valence-corrected chi connectivity index (χ0v) is 20.0. The highest BCUT2D eigenvalue weighted by Gasteiger charge is 2.27. The van der Waals surface area contributed by atoms with Crippen molar-refractivity contribution in [3.63, 3.8) is 0 Å². The zero-order valence-electron chi connectivity index (χ0n) is 20.0. The maximum absolute atomic E-state index is 13.0. The first-order chi connectivity index (χ1) is 16.9. The SMILES string of the molecule is CC(C)(O)CCc1ccc2c(c1)-n1ccnc1[C@H](NC(=O)c1n[nH]c(Cc3ccccc3)n1)CC2. The summed E-state index contributed by atoms with van der Waals surface area (Å²) in [5, 5.41) is 20.2. The lowest BCUT2D eigenvalue weighted by atomic mass is 9.96. The lowest BCUT2D eigenvalue weighted by Crippen LogP contribution is -2.30. The highest BCUT2D eigenvalue weighted by Crippen LogP contribution is 2.30. The Hall–Kier alpha value is -3.78. The fourth-order valence-electron chi connectivity index (χ4n) is 4.48. The average molecular weight is 471 g/mol. The summed E-state index contributed by atoms with van der Waals surface area (Å²) in [4.78, 5) is 22.0. The van der Waals surface area contributed by atoms with E-state index >= 15 is 0 Å². The monoisotopic (exact) mass is 470 g/mol. The fraction of sp³-hybridized carbons (Fsp3) is 0.333. The van der Waals surface area contributed by atoms with Crippen LogP contribution in [0.5, 0.6) is 0 Å². The molecule has 0 unspecified atom stereocenters. The third-order valence-electron chi connectivity index (χ3n) is 6.37. The zero-order chi connectivity index (χ0) is 24.4. The van der Waals surface area contributed by atoms with Gasteiger partial charge in [0.15, 0.2) is 0 Å². The van der Waals surface area contributed by atoms with E-state index in [1.807, 2.05) is 50.4 Å². The summed E-state index contributed by atoms with van der Waals surface area (Å²) in [6.07, 6.45) is 7.28. The Morgan fingerprint density at radius 3 is 2.83 bits per heavy atom. The molecule has 0 saturated carbocycles. The predicted molar refractivity (Wildman–Crippen MR) is 132 cm³/mol. The first-order valence-corrected chi connectivity index (χ1v) is 12.0. The number of H-pyrrole nitrogens is 1. The van der Waals surface area contributed by atoms with Crippen molar-refractivity contribution in [2.45, 2.75) is 57.6 Å². The number of nitrogens with zero attached hydrogens (tertiary/aromatic N) is 4. The molecule has 2 aromatic heterocycles. The summed E-state index contributed by atoms with van der Waals surface area (Å²) in [6.45, 7) is 3.66. The van der Waals surface area contributed by atoms with E-state index in [0.717, 1.165) is 36.3 Å². The molecule has 0 bridgehead atoms. The van der Waals surface area contributed by atoms with Crippen molar-refractivity contribution in [3.05, 3.63) is 95.1 Å². The number of nitrogens with one attached hydrogen (secondary N) is 2. The minimum Gasteiger partial charge on any atom is -0.390 e. The molecule has 0 fully saturated rings. The van der Waals surface area contributed by atoms with Crippen LogP contribution in [-0.4, -0.2) is 41.3 Å². The van der Waals surface area contributed by atoms with Crippen LogP contribution in [0, 0.1) is 0 Å². The molecule has 1 aliphatic heterocycles. The summed E-state index contributed by atoms with van der Waals surface area (Å²) >= 11 is 0. The molecular weight excluding hydrogens is 440 g/mol. The molecule has 4 aromatic rings. The van der Waals surface area contributed by atoms with Crippen LogP contribution >= 0.6 is 0 Å². The van der Waals surface area contributed by atoms with Gasteiger partial charge in [-0.3, -0.25) is 9.89 Å². The van der Waals surface area contributed by atoms with Gasteiger partial charge in [-0.1, -0.05) is 42.5 Å². The van der Waals surface area contributed by atoms with E-state index in [1.165, 1.54) is 11.1 Å². The van der Waals surface area contributed by atoms with Crippen molar-refractivity contribution in [1.29, 1.82) is 0 Å². The molecule has 2 aromatic carbocycles. The van der Waals surface area contributed by atoms with E-state index in [2.05, 4.69) is 48.2 Å². The minimum atomic E-state index is -0.705. The van der Waals surface area contributed by atoms with Gasteiger partial charge in [0.1, 0.15) is 11.6 Å². The molecule has 0 spiro atoms. The lowest BCUT2D eigenvalue weighted by Gasteiger charge is -2.18. The number of hydrogen-bond donors (Lipinski definition) is 3. The van der Waals surface area contributed by atoms with Crippen LogP contribution in [0.2, 0.25) is 0 Å². The normalized spacial score (nSPS) is 15.2. The molecule has 0 aliphatic carbocycles. The maximum Gasteiger partial charge on any atom is 0.291 e. The summed E-state index contributed by atoms with van der Waals surface area (Å²) in [5.41, 5.74) is 3.84. The Labute approximate surface area is 204 Å². The molecule has 1 amide bonds. The third-order valence-corrected chi connectivity index (χ3v) is 6.37. The number of aliphatic hydroxyl groups is 1. The summed E-state index contributed by atoms with van der Waals surface area (Å²) in [5.74, 6) is 1.24. The average Bonchev–Trinajstić information content (AvgIpc) is 3.48. The predicted octanol–water partition coefficient (Wildman–Crippen LogP) is 3.70. The molecule has 180 valence electrons. The van der Waals surface area contributed by atoms with E-state index in [4.69, 9.17) is 0 Å². The molecule has 3 N–H and O–H groups in total. The largest absolute Gasteiger partial charge is 0.390 e. The van der Waals surface area contributed by atoms with Gasteiger partial charge in [0.2, 0.25) is 5.82 Å². The van der Waals surface area contributed by atoms with Crippen molar-refractivity contribution in [2.75, 3.05) is 0 Å². The van der Waals surface area contributed by atoms with E-state index < -0.39 is 5.60 Å². The van der Waals surface area contributed by atoms with Gasteiger partial charge in [-0.25, -0.2) is 9.97 Å². The van der Waals surface area contributed by atoms with Crippen LogP contribution in [0.15, 0.2) is 60.9 Å². The Kier molecular flexibility index (Phi) is 6.21. The van der Waals surface area contributed by atoms with E-state index in [9.17, 15) is 9.90 Å². The van der Waals surface area contributed by atoms with E-state index in [0.29, 0.717) is 18.7 Å². The van der Waals surface area contributed by atoms with E-state index in [-0.39, 0.29) is 17.8 Å². The van der Waals surface area contributed by atoms with Crippen molar-refractivity contribution in [2.24, 2.45) is 0 Å². The number of aromatic nitrogens is 5. The maximum atomic E-state index is 13.0. The summed E-state index contributed by atoms with van der Waals surface area (Å²) in [6, 6.07) is 16.1. The highest BCUT2D eigenvalue weighted by atomic mass is 16.3. The Morgan fingerprint density at radius 2 is 2.03 bits per heavy atom. The van der Waals surface area contributed by atoms with Crippen LogP contribution in [0.25, 0.3) is 5.69 Å². The topological polar surface area (TPSA) is 109 Å². The molecule has 8 heteroatoms. The second kappa shape index (κ2) is 9.46. The molecule has 5 rings (SSSR count). The number of fused-ring (bicyclic) bond motifs is 3. The first kappa shape index (κ1) is 23.0. The van der Waals surface area contributed by atoms with Crippen molar-refractivity contribution < 1.29 is 9.90 Å². The number of hydrogen-bond acceptors (Lipinski definition) is 5. The van der Waals surface area contributed by atoms with Gasteiger partial charge < -0.3 is 15.0 Å². The van der Waals surface area contributed by atoms with Crippen molar-refractivity contribution in [1.82, 2.24) is 30.0 Å². The Balaban J connectivity index is 1.32.